The number of ether oxygens (including phenoxy) is 1. The van der Waals surface area contributed by atoms with E-state index < -0.39 is 6.09 Å². The molecule has 0 aromatic rings. The SMILES string of the molecule is CC(C)NCC(=O)NCCOC(N)=O. The molecule has 0 radical (unpaired) electrons. The number of hydrogen-bond donors (Lipinski definition) is 3. The molecule has 0 heterocycles. The van der Waals surface area contributed by atoms with Gasteiger partial charge in [0.2, 0.25) is 5.91 Å². The molecule has 0 aromatic carbocycles. The summed E-state index contributed by atoms with van der Waals surface area (Å²) in [6.45, 7) is 4.53. The summed E-state index contributed by atoms with van der Waals surface area (Å²) < 4.78 is 4.42. The van der Waals surface area contributed by atoms with Crippen molar-refractivity contribution < 1.29 is 14.3 Å². The Morgan fingerprint density at radius 1 is 1.43 bits per heavy atom. The van der Waals surface area contributed by atoms with Crippen molar-refractivity contribution in [1.29, 1.82) is 0 Å². The number of amides is 2. The molecule has 0 fully saturated rings. The minimum absolute atomic E-state index is 0.1000. The van der Waals surface area contributed by atoms with Crippen LogP contribution in [0.3, 0.4) is 0 Å². The molecule has 0 atom stereocenters. The number of hydrogen-bond acceptors (Lipinski definition) is 4. The van der Waals surface area contributed by atoms with Crippen LogP contribution < -0.4 is 16.4 Å². The first-order valence-electron chi connectivity index (χ1n) is 4.44. The Kier molecular flexibility index (Phi) is 6.47. The third-order valence-corrected chi connectivity index (χ3v) is 1.34. The highest BCUT2D eigenvalue weighted by Crippen LogP contribution is 1.75. The fourth-order valence-electron chi connectivity index (χ4n) is 0.701. The average molecular weight is 203 g/mol. The Morgan fingerprint density at radius 3 is 2.57 bits per heavy atom. The predicted octanol–water partition coefficient (Wildman–Crippen LogP) is -0.804. The highest BCUT2D eigenvalue weighted by atomic mass is 16.5. The molecule has 4 N–H and O–H groups in total. The molecule has 0 unspecified atom stereocenters. The first-order valence-corrected chi connectivity index (χ1v) is 4.44. The Balaban J connectivity index is 3.31. The molecule has 82 valence electrons. The van der Waals surface area contributed by atoms with E-state index in [0.717, 1.165) is 0 Å². The van der Waals surface area contributed by atoms with E-state index in [1.54, 1.807) is 0 Å². The van der Waals surface area contributed by atoms with Crippen LogP contribution in [0.4, 0.5) is 4.79 Å². The van der Waals surface area contributed by atoms with Crippen molar-refractivity contribution in [2.24, 2.45) is 5.73 Å². The van der Waals surface area contributed by atoms with Crippen molar-refractivity contribution >= 4 is 12.0 Å². The third kappa shape index (κ3) is 8.79. The number of nitrogens with one attached hydrogen (secondary N) is 2. The van der Waals surface area contributed by atoms with Gasteiger partial charge in [-0.25, -0.2) is 4.79 Å². The van der Waals surface area contributed by atoms with Crippen LogP contribution in [0.1, 0.15) is 13.8 Å². The summed E-state index contributed by atoms with van der Waals surface area (Å²) in [5, 5.41) is 5.51. The van der Waals surface area contributed by atoms with Gasteiger partial charge < -0.3 is 21.1 Å². The first kappa shape index (κ1) is 12.7. The largest absolute Gasteiger partial charge is 0.448 e. The number of carbonyl (C=O) groups is 2. The Morgan fingerprint density at radius 2 is 2.07 bits per heavy atom. The molecule has 0 aliphatic heterocycles. The molecule has 0 spiro atoms. The van der Waals surface area contributed by atoms with E-state index in [0.29, 0.717) is 0 Å². The van der Waals surface area contributed by atoms with Crippen LogP contribution in [0.25, 0.3) is 0 Å². The predicted molar refractivity (Wildman–Crippen MR) is 51.7 cm³/mol. The summed E-state index contributed by atoms with van der Waals surface area (Å²) in [4.78, 5) is 21.2. The first-order chi connectivity index (χ1) is 6.52. The maximum absolute atomic E-state index is 11.0. The lowest BCUT2D eigenvalue weighted by atomic mass is 10.4. The van der Waals surface area contributed by atoms with Crippen LogP contribution in [0.2, 0.25) is 0 Å². The monoisotopic (exact) mass is 203 g/mol. The second kappa shape index (κ2) is 7.14. The second-order valence-electron chi connectivity index (χ2n) is 3.05. The third-order valence-electron chi connectivity index (χ3n) is 1.34. The lowest BCUT2D eigenvalue weighted by molar-refractivity contribution is -0.120. The molecule has 0 aromatic heterocycles. The van der Waals surface area contributed by atoms with Crippen LogP contribution >= 0.6 is 0 Å². The Bertz CT molecular complexity index is 194. The molecule has 0 rings (SSSR count). The molecule has 6 nitrogen and oxygen atoms in total. The number of carbonyl (C=O) groups excluding carboxylic acids is 2. The van der Waals surface area contributed by atoms with Crippen molar-refractivity contribution in [2.75, 3.05) is 19.7 Å². The average Bonchev–Trinajstić information content (AvgIpc) is 2.08. The maximum atomic E-state index is 11.0. The number of rotatable bonds is 6. The van der Waals surface area contributed by atoms with Crippen molar-refractivity contribution in [1.82, 2.24) is 10.6 Å². The van der Waals surface area contributed by atoms with Crippen LogP contribution in [0.5, 0.6) is 0 Å². The van der Waals surface area contributed by atoms with E-state index in [4.69, 9.17) is 5.73 Å². The van der Waals surface area contributed by atoms with Gasteiger partial charge in [-0.3, -0.25) is 4.79 Å². The molecule has 0 saturated carbocycles. The summed E-state index contributed by atoms with van der Waals surface area (Å²) in [6.07, 6.45) is -0.834. The van der Waals surface area contributed by atoms with Crippen LogP contribution in [-0.4, -0.2) is 37.7 Å². The molecule has 0 saturated heterocycles. The molecule has 0 aliphatic rings. The Hall–Kier alpha value is -1.30. The fourth-order valence-corrected chi connectivity index (χ4v) is 0.701. The second-order valence-corrected chi connectivity index (χ2v) is 3.05. The topological polar surface area (TPSA) is 93.4 Å². The van der Waals surface area contributed by atoms with E-state index in [9.17, 15) is 9.59 Å². The zero-order chi connectivity index (χ0) is 11.0. The summed E-state index contributed by atoms with van der Waals surface area (Å²) in [6, 6.07) is 0.266. The number of nitrogens with two attached hydrogens (primary N) is 1. The highest BCUT2D eigenvalue weighted by molar-refractivity contribution is 5.78. The van der Waals surface area contributed by atoms with Crippen molar-refractivity contribution in [3.8, 4) is 0 Å². The lowest BCUT2D eigenvalue weighted by Crippen LogP contribution is -2.38. The summed E-state index contributed by atoms with van der Waals surface area (Å²) in [7, 11) is 0. The van der Waals surface area contributed by atoms with Crippen molar-refractivity contribution in [2.45, 2.75) is 19.9 Å². The zero-order valence-electron chi connectivity index (χ0n) is 8.50. The standard InChI is InChI=1S/C8H17N3O3/c1-6(2)11-5-7(12)10-3-4-14-8(9)13/h6,11H,3-5H2,1-2H3,(H2,9,13)(H,10,12). The van der Waals surface area contributed by atoms with E-state index in [2.05, 4.69) is 15.4 Å². The van der Waals surface area contributed by atoms with Gasteiger partial charge in [0.05, 0.1) is 13.1 Å². The van der Waals surface area contributed by atoms with Crippen LogP contribution in [0, 0.1) is 0 Å². The zero-order valence-corrected chi connectivity index (χ0v) is 8.50. The van der Waals surface area contributed by atoms with Gasteiger partial charge in [0, 0.05) is 6.04 Å². The van der Waals surface area contributed by atoms with Gasteiger partial charge in [-0.05, 0) is 0 Å². The lowest BCUT2D eigenvalue weighted by Gasteiger charge is -2.08. The number of primary amides is 1. The summed E-state index contributed by atoms with van der Waals surface area (Å²) in [5.41, 5.74) is 4.72. The van der Waals surface area contributed by atoms with E-state index >= 15 is 0 Å². The molecular formula is C8H17N3O3. The Labute approximate surface area is 83.2 Å². The summed E-state index contributed by atoms with van der Waals surface area (Å²) in [5.74, 6) is -0.133. The fraction of sp³-hybridized carbons (Fsp3) is 0.750. The van der Waals surface area contributed by atoms with Crippen molar-refractivity contribution in [3.05, 3.63) is 0 Å². The van der Waals surface area contributed by atoms with E-state index in [-0.39, 0.29) is 31.6 Å². The quantitative estimate of drug-likeness (QED) is 0.492. The van der Waals surface area contributed by atoms with Gasteiger partial charge >= 0.3 is 6.09 Å². The van der Waals surface area contributed by atoms with Gasteiger partial charge in [0.15, 0.2) is 0 Å². The molecule has 6 heteroatoms. The van der Waals surface area contributed by atoms with Gasteiger partial charge in [0.25, 0.3) is 0 Å². The normalized spacial score (nSPS) is 9.93. The molecule has 0 bridgehead atoms. The minimum Gasteiger partial charge on any atom is -0.448 e. The maximum Gasteiger partial charge on any atom is 0.404 e. The van der Waals surface area contributed by atoms with E-state index in [1.165, 1.54) is 0 Å². The molecule has 0 aliphatic carbocycles. The van der Waals surface area contributed by atoms with Crippen LogP contribution in [-0.2, 0) is 9.53 Å². The van der Waals surface area contributed by atoms with Crippen LogP contribution in [0.15, 0.2) is 0 Å². The van der Waals surface area contributed by atoms with Gasteiger partial charge in [-0.1, -0.05) is 13.8 Å². The van der Waals surface area contributed by atoms with Gasteiger partial charge in [-0.2, -0.15) is 0 Å². The smallest absolute Gasteiger partial charge is 0.404 e. The molecule has 14 heavy (non-hydrogen) atoms. The van der Waals surface area contributed by atoms with Crippen molar-refractivity contribution in [3.63, 3.8) is 0 Å². The summed E-state index contributed by atoms with van der Waals surface area (Å²) >= 11 is 0. The molecular weight excluding hydrogens is 186 g/mol. The van der Waals surface area contributed by atoms with E-state index in [1.807, 2.05) is 13.8 Å². The van der Waals surface area contributed by atoms with Gasteiger partial charge in [-0.15, -0.1) is 0 Å². The minimum atomic E-state index is -0.834. The molecule has 2 amide bonds. The highest BCUT2D eigenvalue weighted by Gasteiger charge is 2.01. The van der Waals surface area contributed by atoms with Gasteiger partial charge in [0.1, 0.15) is 6.61 Å².